The van der Waals surface area contributed by atoms with Gasteiger partial charge in [0.2, 0.25) is 0 Å². The van der Waals surface area contributed by atoms with E-state index in [0.29, 0.717) is 32.1 Å². The predicted molar refractivity (Wildman–Crippen MR) is 122 cm³/mol. The Hall–Kier alpha value is -2.27. The van der Waals surface area contributed by atoms with Crippen LogP contribution in [0.2, 0.25) is 0 Å². The van der Waals surface area contributed by atoms with Crippen molar-refractivity contribution in [1.82, 2.24) is 0 Å². The third-order valence-electron chi connectivity index (χ3n) is 6.41. The molecule has 0 radical (unpaired) electrons. The van der Waals surface area contributed by atoms with Gasteiger partial charge in [-0.2, -0.15) is 0 Å². The lowest BCUT2D eigenvalue weighted by Crippen LogP contribution is -2.23. The SMILES string of the molecule is COC(C)(C)CCCC1=CC=C(CCC2=CC=C(CCCC(C)(C)C(=O)O)C2=O)C1=O. The highest BCUT2D eigenvalue weighted by atomic mass is 16.5. The van der Waals surface area contributed by atoms with Gasteiger partial charge in [-0.1, -0.05) is 24.3 Å². The Morgan fingerprint density at radius 1 is 0.774 bits per heavy atom. The summed E-state index contributed by atoms with van der Waals surface area (Å²) >= 11 is 0. The summed E-state index contributed by atoms with van der Waals surface area (Å²) < 4.78 is 5.43. The average molecular weight is 429 g/mol. The summed E-state index contributed by atoms with van der Waals surface area (Å²) in [5.74, 6) is -0.678. The van der Waals surface area contributed by atoms with E-state index in [1.165, 1.54) is 0 Å². The van der Waals surface area contributed by atoms with Gasteiger partial charge >= 0.3 is 5.97 Å². The summed E-state index contributed by atoms with van der Waals surface area (Å²) in [6, 6.07) is 0. The molecule has 0 aromatic rings. The van der Waals surface area contributed by atoms with Crippen molar-refractivity contribution in [3.8, 4) is 0 Å². The molecule has 0 unspecified atom stereocenters. The first kappa shape index (κ1) is 25.0. The van der Waals surface area contributed by atoms with Gasteiger partial charge in [-0.05, 0) is 90.2 Å². The van der Waals surface area contributed by atoms with Gasteiger partial charge in [-0.3, -0.25) is 14.4 Å². The van der Waals surface area contributed by atoms with Crippen LogP contribution in [-0.4, -0.2) is 35.4 Å². The first-order chi connectivity index (χ1) is 14.5. The lowest BCUT2D eigenvalue weighted by molar-refractivity contribution is -0.147. The molecule has 0 aliphatic heterocycles. The van der Waals surface area contributed by atoms with Crippen molar-refractivity contribution in [3.05, 3.63) is 46.6 Å². The molecule has 5 nitrogen and oxygen atoms in total. The van der Waals surface area contributed by atoms with Crippen molar-refractivity contribution >= 4 is 17.5 Å². The average Bonchev–Trinajstić information content (AvgIpc) is 3.23. The predicted octanol–water partition coefficient (Wildman–Crippen LogP) is 5.51. The molecule has 0 atom stereocenters. The molecular formula is C26H36O5. The molecule has 2 aliphatic rings. The highest BCUT2D eigenvalue weighted by molar-refractivity contribution is 6.12. The highest BCUT2D eigenvalue weighted by Crippen LogP contribution is 2.30. The summed E-state index contributed by atoms with van der Waals surface area (Å²) in [4.78, 5) is 36.5. The molecule has 5 heteroatoms. The van der Waals surface area contributed by atoms with E-state index >= 15 is 0 Å². The first-order valence-electron chi connectivity index (χ1n) is 11.1. The Morgan fingerprint density at radius 3 is 1.55 bits per heavy atom. The van der Waals surface area contributed by atoms with Gasteiger partial charge < -0.3 is 9.84 Å². The zero-order valence-corrected chi connectivity index (χ0v) is 19.5. The Labute approximate surface area is 185 Å². The molecular weight excluding hydrogens is 392 g/mol. The molecule has 0 amide bonds. The van der Waals surface area contributed by atoms with Crippen LogP contribution in [-0.2, 0) is 19.1 Å². The topological polar surface area (TPSA) is 80.7 Å². The number of hydrogen-bond donors (Lipinski definition) is 1. The second-order valence-electron chi connectivity index (χ2n) is 9.79. The number of rotatable bonds is 13. The lowest BCUT2D eigenvalue weighted by atomic mass is 9.86. The standard InChI is InChI=1S/C26H36O5/c1-25(2,24(29)30)16-6-8-18-10-12-20(22(18)27)14-15-21-13-11-19(23(21)28)9-7-17-26(3,4)31-5/h10-13H,6-9,14-17H2,1-5H3,(H,29,30). The van der Waals surface area contributed by atoms with E-state index in [9.17, 15) is 19.5 Å². The van der Waals surface area contributed by atoms with Gasteiger partial charge in [0.05, 0.1) is 11.0 Å². The van der Waals surface area contributed by atoms with Crippen LogP contribution < -0.4 is 0 Å². The van der Waals surface area contributed by atoms with Crippen molar-refractivity contribution < 1.29 is 24.2 Å². The van der Waals surface area contributed by atoms with Gasteiger partial charge in [-0.25, -0.2) is 0 Å². The summed E-state index contributed by atoms with van der Waals surface area (Å²) in [5.41, 5.74) is 2.12. The largest absolute Gasteiger partial charge is 0.481 e. The number of hydrogen-bond acceptors (Lipinski definition) is 4. The molecule has 0 saturated heterocycles. The fourth-order valence-corrected chi connectivity index (χ4v) is 3.81. The molecule has 0 saturated carbocycles. The van der Waals surface area contributed by atoms with E-state index in [-0.39, 0.29) is 17.2 Å². The smallest absolute Gasteiger partial charge is 0.309 e. The number of Topliss-reactive ketones (excluding diaryl/α,β-unsaturated/α-hetero) is 2. The second-order valence-corrected chi connectivity index (χ2v) is 9.79. The van der Waals surface area contributed by atoms with Crippen LogP contribution in [0.3, 0.4) is 0 Å². The molecule has 0 aromatic heterocycles. The molecule has 0 bridgehead atoms. The Kier molecular flexibility index (Phi) is 8.35. The number of carboxylic acids is 1. The van der Waals surface area contributed by atoms with Crippen LogP contribution in [0.4, 0.5) is 0 Å². The third-order valence-corrected chi connectivity index (χ3v) is 6.41. The summed E-state index contributed by atoms with van der Waals surface area (Å²) in [6.07, 6.45) is 12.9. The van der Waals surface area contributed by atoms with Gasteiger partial charge in [0.15, 0.2) is 11.6 Å². The van der Waals surface area contributed by atoms with Crippen LogP contribution in [0.5, 0.6) is 0 Å². The molecule has 0 fully saturated rings. The zero-order valence-electron chi connectivity index (χ0n) is 19.5. The maximum Gasteiger partial charge on any atom is 0.309 e. The monoisotopic (exact) mass is 428 g/mol. The van der Waals surface area contributed by atoms with Crippen molar-refractivity contribution in [1.29, 1.82) is 0 Å². The molecule has 1 N–H and O–H groups in total. The third kappa shape index (κ3) is 6.86. The number of ether oxygens (including phenoxy) is 1. The molecule has 2 rings (SSSR count). The van der Waals surface area contributed by atoms with Crippen LogP contribution in [0, 0.1) is 5.41 Å². The van der Waals surface area contributed by atoms with Crippen LogP contribution in [0.25, 0.3) is 0 Å². The number of carbonyl (C=O) groups excluding carboxylic acids is 2. The van der Waals surface area contributed by atoms with Crippen LogP contribution in [0.15, 0.2) is 46.6 Å². The quantitative estimate of drug-likeness (QED) is 0.418. The zero-order chi connectivity index (χ0) is 23.2. The van der Waals surface area contributed by atoms with E-state index in [1.54, 1.807) is 21.0 Å². The summed E-state index contributed by atoms with van der Waals surface area (Å²) in [5, 5.41) is 9.20. The summed E-state index contributed by atoms with van der Waals surface area (Å²) in [7, 11) is 1.70. The van der Waals surface area contributed by atoms with E-state index in [2.05, 4.69) is 0 Å². The van der Waals surface area contributed by atoms with Crippen molar-refractivity contribution in [3.63, 3.8) is 0 Å². The van der Waals surface area contributed by atoms with Crippen molar-refractivity contribution in [2.24, 2.45) is 5.41 Å². The highest BCUT2D eigenvalue weighted by Gasteiger charge is 2.28. The van der Waals surface area contributed by atoms with Gasteiger partial charge in [-0.15, -0.1) is 0 Å². The van der Waals surface area contributed by atoms with Crippen LogP contribution >= 0.6 is 0 Å². The van der Waals surface area contributed by atoms with E-state index in [4.69, 9.17) is 4.74 Å². The minimum absolute atomic E-state index is 0.0363. The Balaban J connectivity index is 1.73. The fraction of sp³-hybridized carbons (Fsp3) is 0.577. The first-order valence-corrected chi connectivity index (χ1v) is 11.1. The molecule has 0 heterocycles. The minimum atomic E-state index is -0.817. The van der Waals surface area contributed by atoms with Crippen LogP contribution in [0.1, 0.15) is 79.1 Å². The number of ketones is 2. The van der Waals surface area contributed by atoms with Crippen molar-refractivity contribution in [2.45, 2.75) is 84.7 Å². The molecule has 2 aliphatic carbocycles. The Morgan fingerprint density at radius 2 is 1.16 bits per heavy atom. The number of carbonyl (C=O) groups is 3. The van der Waals surface area contributed by atoms with Gasteiger partial charge in [0, 0.05) is 18.3 Å². The number of carboxylic acid groups (broad SMARTS) is 1. The van der Waals surface area contributed by atoms with E-state index in [0.717, 1.165) is 41.6 Å². The Bertz CT molecular complexity index is 849. The molecule has 31 heavy (non-hydrogen) atoms. The molecule has 0 aromatic carbocycles. The second kappa shape index (κ2) is 10.4. The normalized spacial score (nSPS) is 16.9. The molecule has 170 valence electrons. The fourth-order valence-electron chi connectivity index (χ4n) is 3.81. The maximum atomic E-state index is 12.6. The maximum absolute atomic E-state index is 12.6. The van der Waals surface area contributed by atoms with E-state index < -0.39 is 11.4 Å². The van der Waals surface area contributed by atoms with Crippen molar-refractivity contribution in [2.75, 3.05) is 7.11 Å². The number of methoxy groups -OCH3 is 1. The van der Waals surface area contributed by atoms with Gasteiger partial charge in [0.25, 0.3) is 0 Å². The number of allylic oxidation sites excluding steroid dienone is 8. The minimum Gasteiger partial charge on any atom is -0.481 e. The lowest BCUT2D eigenvalue weighted by Gasteiger charge is -2.22. The summed E-state index contributed by atoms with van der Waals surface area (Å²) in [6.45, 7) is 7.50. The molecule has 0 spiro atoms. The number of aliphatic carboxylic acids is 1. The van der Waals surface area contributed by atoms with E-state index in [1.807, 2.05) is 38.2 Å². The van der Waals surface area contributed by atoms with Gasteiger partial charge in [0.1, 0.15) is 0 Å².